The predicted octanol–water partition coefficient (Wildman–Crippen LogP) is 0.315. The van der Waals surface area contributed by atoms with Gasteiger partial charge in [0.15, 0.2) is 0 Å². The second kappa shape index (κ2) is 5.68. The fourth-order valence-electron chi connectivity index (χ4n) is 2.65. The molecule has 0 aliphatic carbocycles. The second-order valence-electron chi connectivity index (χ2n) is 6.34. The van der Waals surface area contributed by atoms with E-state index in [-0.39, 0.29) is 22.7 Å². The molecule has 0 aromatic carbocycles. The Morgan fingerprint density at radius 3 is 2.29 bits per heavy atom. The van der Waals surface area contributed by atoms with E-state index in [2.05, 4.69) is 35.9 Å². The zero-order chi connectivity index (χ0) is 15.8. The molecule has 0 unspecified atom stereocenters. The van der Waals surface area contributed by atoms with E-state index in [0.717, 1.165) is 0 Å². The first-order valence-corrected chi connectivity index (χ1v) is 8.52. The van der Waals surface area contributed by atoms with Crippen molar-refractivity contribution in [2.45, 2.75) is 44.7 Å². The highest BCUT2D eigenvalue weighted by molar-refractivity contribution is 7.89. The summed E-state index contributed by atoms with van der Waals surface area (Å²) in [7, 11) is -3.61. The van der Waals surface area contributed by atoms with Crippen molar-refractivity contribution in [2.24, 2.45) is 0 Å². The first-order chi connectivity index (χ1) is 9.67. The molecule has 2 rings (SSSR count). The zero-order valence-electron chi connectivity index (χ0n) is 13.0. The number of piperazine rings is 1. The molecule has 0 radical (unpaired) electrons. The highest BCUT2D eigenvalue weighted by atomic mass is 32.2. The third kappa shape index (κ3) is 3.13. The lowest BCUT2D eigenvalue weighted by Gasteiger charge is -2.41. The minimum Gasteiger partial charge on any atom is -0.390 e. The number of hydrogen-bond donors (Lipinski definition) is 2. The van der Waals surface area contributed by atoms with Gasteiger partial charge in [-0.05, 0) is 27.7 Å². The zero-order valence-corrected chi connectivity index (χ0v) is 13.9. The van der Waals surface area contributed by atoms with Crippen molar-refractivity contribution >= 4 is 10.0 Å². The van der Waals surface area contributed by atoms with Crippen LogP contribution < -0.4 is 0 Å². The van der Waals surface area contributed by atoms with Gasteiger partial charge >= 0.3 is 0 Å². The molecule has 0 saturated carbocycles. The van der Waals surface area contributed by atoms with Crippen molar-refractivity contribution in [1.29, 1.82) is 0 Å². The molecule has 0 amide bonds. The van der Waals surface area contributed by atoms with Crippen LogP contribution in [0, 0.1) is 6.92 Å². The third-order valence-corrected chi connectivity index (χ3v) is 6.00. The number of aromatic amines is 1. The van der Waals surface area contributed by atoms with E-state index < -0.39 is 10.0 Å². The Balaban J connectivity index is 2.21. The third-order valence-electron chi connectivity index (χ3n) is 3.90. The quantitative estimate of drug-likeness (QED) is 0.838. The summed E-state index contributed by atoms with van der Waals surface area (Å²) in [5.74, 6) is 0. The molecule has 21 heavy (non-hydrogen) atoms. The Morgan fingerprint density at radius 1 is 1.24 bits per heavy atom. The Morgan fingerprint density at radius 2 is 1.81 bits per heavy atom. The van der Waals surface area contributed by atoms with Gasteiger partial charge in [0.1, 0.15) is 10.6 Å². The lowest BCUT2D eigenvalue weighted by Crippen LogP contribution is -2.54. The molecule has 0 spiro atoms. The molecule has 0 bridgehead atoms. The van der Waals surface area contributed by atoms with Crippen LogP contribution in [0.4, 0.5) is 0 Å². The molecule has 1 aliphatic rings. The summed E-state index contributed by atoms with van der Waals surface area (Å²) in [4.78, 5) is 2.39. The second-order valence-corrected chi connectivity index (χ2v) is 8.22. The van der Waals surface area contributed by atoms with Crippen molar-refractivity contribution in [2.75, 3.05) is 26.2 Å². The minimum absolute atomic E-state index is 0.0394. The van der Waals surface area contributed by atoms with E-state index in [0.29, 0.717) is 31.9 Å². The van der Waals surface area contributed by atoms with Gasteiger partial charge in [0.05, 0.1) is 12.3 Å². The van der Waals surface area contributed by atoms with Crippen LogP contribution in [-0.2, 0) is 16.6 Å². The summed E-state index contributed by atoms with van der Waals surface area (Å²) in [5.41, 5.74) is 0.695. The maximum Gasteiger partial charge on any atom is 0.246 e. The number of sulfonamides is 1. The SMILES string of the molecule is Cc1[nH]nc(CO)c1S(=O)(=O)N1CCN(C(C)(C)C)CC1. The minimum atomic E-state index is -3.61. The summed E-state index contributed by atoms with van der Waals surface area (Å²) < 4.78 is 27.0. The molecule has 2 N–H and O–H groups in total. The van der Waals surface area contributed by atoms with Crippen molar-refractivity contribution in [1.82, 2.24) is 19.4 Å². The van der Waals surface area contributed by atoms with Gasteiger partial charge < -0.3 is 5.11 Å². The molecule has 1 aromatic rings. The summed E-state index contributed by atoms with van der Waals surface area (Å²) >= 11 is 0. The van der Waals surface area contributed by atoms with Crippen LogP contribution >= 0.6 is 0 Å². The number of H-pyrrole nitrogens is 1. The largest absolute Gasteiger partial charge is 0.390 e. The van der Waals surface area contributed by atoms with Gasteiger partial charge in [-0.3, -0.25) is 10.00 Å². The van der Waals surface area contributed by atoms with Gasteiger partial charge in [0.2, 0.25) is 10.0 Å². The van der Waals surface area contributed by atoms with E-state index in [9.17, 15) is 13.5 Å². The monoisotopic (exact) mass is 316 g/mol. The van der Waals surface area contributed by atoms with Gasteiger partial charge in [-0.2, -0.15) is 9.40 Å². The predicted molar refractivity (Wildman–Crippen MR) is 79.3 cm³/mol. The van der Waals surface area contributed by atoms with Gasteiger partial charge in [0.25, 0.3) is 0 Å². The summed E-state index contributed by atoms with van der Waals surface area (Å²) in [6.07, 6.45) is 0. The van der Waals surface area contributed by atoms with E-state index in [1.807, 2.05) is 0 Å². The van der Waals surface area contributed by atoms with Crippen LogP contribution in [0.15, 0.2) is 4.90 Å². The number of aliphatic hydroxyl groups is 1. The van der Waals surface area contributed by atoms with Crippen molar-refractivity contribution in [3.8, 4) is 0 Å². The highest BCUT2D eigenvalue weighted by Crippen LogP contribution is 2.25. The number of aliphatic hydroxyl groups excluding tert-OH is 1. The van der Waals surface area contributed by atoms with Crippen LogP contribution in [0.2, 0.25) is 0 Å². The van der Waals surface area contributed by atoms with E-state index in [1.54, 1.807) is 6.92 Å². The van der Waals surface area contributed by atoms with Crippen molar-refractivity contribution < 1.29 is 13.5 Å². The van der Waals surface area contributed by atoms with Gasteiger partial charge in [-0.1, -0.05) is 0 Å². The number of aromatic nitrogens is 2. The molecule has 0 atom stereocenters. The molecule has 1 saturated heterocycles. The highest BCUT2D eigenvalue weighted by Gasteiger charge is 2.35. The lowest BCUT2D eigenvalue weighted by atomic mass is 10.1. The van der Waals surface area contributed by atoms with E-state index in [1.165, 1.54) is 4.31 Å². The van der Waals surface area contributed by atoms with Gasteiger partial charge in [-0.25, -0.2) is 8.42 Å². The van der Waals surface area contributed by atoms with Crippen LogP contribution in [0.25, 0.3) is 0 Å². The average molecular weight is 316 g/mol. The fourth-order valence-corrected chi connectivity index (χ4v) is 4.39. The smallest absolute Gasteiger partial charge is 0.246 e. The molecule has 7 nitrogen and oxygen atoms in total. The average Bonchev–Trinajstić information content (AvgIpc) is 2.79. The summed E-state index contributed by atoms with van der Waals surface area (Å²) in [6.45, 7) is 9.96. The Bertz CT molecular complexity index is 595. The molecule has 1 fully saturated rings. The molecule has 120 valence electrons. The van der Waals surface area contributed by atoms with Crippen LogP contribution in [0.3, 0.4) is 0 Å². The maximum atomic E-state index is 12.7. The molecule has 2 heterocycles. The standard InChI is InChI=1S/C13H24N4O3S/c1-10-12(11(9-18)15-14-10)21(19,20)17-7-5-16(6-8-17)13(2,3)4/h18H,5-9H2,1-4H3,(H,14,15). The summed E-state index contributed by atoms with van der Waals surface area (Å²) in [6, 6.07) is 0. The van der Waals surface area contributed by atoms with Crippen LogP contribution in [0.5, 0.6) is 0 Å². The fraction of sp³-hybridized carbons (Fsp3) is 0.769. The number of aryl methyl sites for hydroxylation is 1. The van der Waals surface area contributed by atoms with Crippen molar-refractivity contribution in [3.63, 3.8) is 0 Å². The van der Waals surface area contributed by atoms with E-state index in [4.69, 9.17) is 0 Å². The van der Waals surface area contributed by atoms with Crippen LogP contribution in [0.1, 0.15) is 32.2 Å². The van der Waals surface area contributed by atoms with Gasteiger partial charge in [0, 0.05) is 31.7 Å². The first kappa shape index (κ1) is 16.4. The Kier molecular flexibility index (Phi) is 4.44. The van der Waals surface area contributed by atoms with E-state index >= 15 is 0 Å². The number of rotatable bonds is 3. The number of nitrogens with one attached hydrogen (secondary N) is 1. The molecular weight excluding hydrogens is 292 g/mol. The molecule has 1 aromatic heterocycles. The number of nitrogens with zero attached hydrogens (tertiary/aromatic N) is 3. The van der Waals surface area contributed by atoms with Crippen molar-refractivity contribution in [3.05, 3.63) is 11.4 Å². The van der Waals surface area contributed by atoms with Crippen LogP contribution in [-0.4, -0.2) is 64.6 Å². The maximum absolute atomic E-state index is 12.7. The Labute approximate surface area is 126 Å². The van der Waals surface area contributed by atoms with Gasteiger partial charge in [-0.15, -0.1) is 0 Å². The normalized spacial score (nSPS) is 19.1. The Hall–Kier alpha value is -0.960. The summed E-state index contributed by atoms with van der Waals surface area (Å²) in [5, 5.41) is 15.8. The number of hydrogen-bond acceptors (Lipinski definition) is 5. The molecule has 8 heteroatoms. The topological polar surface area (TPSA) is 89.5 Å². The molecule has 1 aliphatic heterocycles. The molecular formula is C13H24N4O3S. The lowest BCUT2D eigenvalue weighted by molar-refractivity contribution is 0.0921. The first-order valence-electron chi connectivity index (χ1n) is 7.08.